The smallest absolute Gasteiger partial charge is 0.234 e. The number of fused-ring (bicyclic) bond motifs is 2. The molecule has 0 unspecified atom stereocenters. The highest BCUT2D eigenvalue weighted by Gasteiger charge is 2.40. The Hall–Kier alpha value is -2.36. The largest absolute Gasteiger partial charge is 0.508 e. The van der Waals surface area contributed by atoms with E-state index in [9.17, 15) is 14.7 Å². The van der Waals surface area contributed by atoms with Crippen molar-refractivity contribution in [2.45, 2.75) is 19.4 Å². The van der Waals surface area contributed by atoms with Crippen LogP contribution in [-0.2, 0) is 9.53 Å². The van der Waals surface area contributed by atoms with Gasteiger partial charge in [-0.1, -0.05) is 6.58 Å². The van der Waals surface area contributed by atoms with Crippen molar-refractivity contribution < 1.29 is 19.4 Å². The molecule has 0 radical (unpaired) electrons. The highest BCUT2D eigenvalue weighted by atomic mass is 16.5. The number of ketones is 2. The molecule has 96 valence electrons. The number of ether oxygens (including phenoxy) is 1. The second-order valence-corrected chi connectivity index (χ2v) is 4.85. The second kappa shape index (κ2) is 3.82. The summed E-state index contributed by atoms with van der Waals surface area (Å²) in [6.07, 6.45) is 0.122. The van der Waals surface area contributed by atoms with Gasteiger partial charge in [0, 0.05) is 17.5 Å². The first-order valence-corrected chi connectivity index (χ1v) is 5.96. The average molecular weight is 256 g/mol. The zero-order valence-electron chi connectivity index (χ0n) is 10.4. The number of rotatable bonds is 1. The monoisotopic (exact) mass is 256 g/mol. The molecule has 0 saturated heterocycles. The average Bonchev–Trinajstić information content (AvgIpc) is 2.81. The number of phenolic OH excluding ortho intramolecular Hbond substituents is 1. The minimum Gasteiger partial charge on any atom is -0.508 e. The van der Waals surface area contributed by atoms with Crippen LogP contribution in [0, 0.1) is 0 Å². The van der Waals surface area contributed by atoms with Gasteiger partial charge in [-0.2, -0.15) is 0 Å². The number of benzene rings is 1. The zero-order valence-corrected chi connectivity index (χ0v) is 10.4. The summed E-state index contributed by atoms with van der Waals surface area (Å²) in [6, 6.07) is 4.38. The van der Waals surface area contributed by atoms with Crippen LogP contribution in [-0.4, -0.2) is 22.8 Å². The highest BCUT2D eigenvalue weighted by molar-refractivity contribution is 6.52. The summed E-state index contributed by atoms with van der Waals surface area (Å²) < 4.78 is 5.74. The van der Waals surface area contributed by atoms with E-state index in [1.54, 1.807) is 6.07 Å². The van der Waals surface area contributed by atoms with Gasteiger partial charge in [-0.05, 0) is 30.7 Å². The molecule has 0 fully saturated rings. The molecule has 1 aliphatic heterocycles. The number of aromatic hydroxyl groups is 1. The third kappa shape index (κ3) is 1.60. The summed E-state index contributed by atoms with van der Waals surface area (Å²) in [5, 5.41) is 9.44. The second-order valence-electron chi connectivity index (χ2n) is 4.85. The molecule has 0 amide bonds. The van der Waals surface area contributed by atoms with Crippen molar-refractivity contribution in [2.75, 3.05) is 0 Å². The van der Waals surface area contributed by atoms with E-state index in [-0.39, 0.29) is 17.4 Å². The molecular weight excluding hydrogens is 244 g/mol. The van der Waals surface area contributed by atoms with Crippen molar-refractivity contribution in [1.29, 1.82) is 0 Å². The van der Waals surface area contributed by atoms with E-state index >= 15 is 0 Å². The number of carbonyl (C=O) groups is 2. The Balaban J connectivity index is 2.16. The van der Waals surface area contributed by atoms with E-state index in [0.717, 1.165) is 5.57 Å². The van der Waals surface area contributed by atoms with Gasteiger partial charge in [-0.25, -0.2) is 0 Å². The van der Waals surface area contributed by atoms with Gasteiger partial charge in [0.05, 0.1) is 5.57 Å². The minimum atomic E-state index is -0.587. The Morgan fingerprint density at radius 3 is 2.74 bits per heavy atom. The Morgan fingerprint density at radius 2 is 2.05 bits per heavy atom. The molecule has 1 aliphatic carbocycles. The molecule has 0 saturated carbocycles. The van der Waals surface area contributed by atoms with E-state index in [1.165, 1.54) is 12.1 Å². The Kier molecular flexibility index (Phi) is 2.35. The topological polar surface area (TPSA) is 63.6 Å². The molecule has 1 heterocycles. The van der Waals surface area contributed by atoms with Crippen molar-refractivity contribution in [1.82, 2.24) is 0 Å². The number of Topliss-reactive ketones (excluding diaryl/α,β-unsaturated/α-hetero) is 2. The molecule has 1 atom stereocenters. The summed E-state index contributed by atoms with van der Waals surface area (Å²) >= 11 is 0. The molecule has 4 heteroatoms. The van der Waals surface area contributed by atoms with E-state index in [2.05, 4.69) is 6.58 Å². The van der Waals surface area contributed by atoms with Crippen LogP contribution in [0.15, 0.2) is 35.9 Å². The van der Waals surface area contributed by atoms with Crippen LogP contribution < -0.4 is 0 Å². The fourth-order valence-corrected chi connectivity index (χ4v) is 2.41. The Labute approximate surface area is 110 Å². The molecule has 2 aliphatic rings. The Bertz CT molecular complexity index is 667. The lowest BCUT2D eigenvalue weighted by Gasteiger charge is -2.16. The molecule has 4 nitrogen and oxygen atoms in total. The molecule has 1 N–H and O–H groups in total. The number of hydrogen-bond acceptors (Lipinski definition) is 4. The van der Waals surface area contributed by atoms with Crippen molar-refractivity contribution in [3.63, 3.8) is 0 Å². The van der Waals surface area contributed by atoms with Crippen LogP contribution in [0.2, 0.25) is 0 Å². The van der Waals surface area contributed by atoms with Crippen LogP contribution in [0.1, 0.15) is 29.3 Å². The highest BCUT2D eigenvalue weighted by Crippen LogP contribution is 2.41. The van der Waals surface area contributed by atoms with Crippen LogP contribution in [0.5, 0.6) is 5.75 Å². The van der Waals surface area contributed by atoms with Crippen LogP contribution in [0.3, 0.4) is 0 Å². The van der Waals surface area contributed by atoms with Crippen LogP contribution >= 0.6 is 0 Å². The van der Waals surface area contributed by atoms with Gasteiger partial charge in [0.25, 0.3) is 0 Å². The van der Waals surface area contributed by atoms with Gasteiger partial charge < -0.3 is 9.84 Å². The van der Waals surface area contributed by atoms with E-state index < -0.39 is 11.6 Å². The predicted molar refractivity (Wildman–Crippen MR) is 68.7 cm³/mol. The van der Waals surface area contributed by atoms with Crippen molar-refractivity contribution in [3.8, 4) is 5.75 Å². The first-order chi connectivity index (χ1) is 8.99. The van der Waals surface area contributed by atoms with Crippen LogP contribution in [0.4, 0.5) is 0 Å². The van der Waals surface area contributed by atoms with E-state index in [1.807, 2.05) is 6.92 Å². The summed E-state index contributed by atoms with van der Waals surface area (Å²) in [4.78, 5) is 24.1. The molecule has 0 bridgehead atoms. The maximum Gasteiger partial charge on any atom is 0.234 e. The molecule has 3 rings (SSSR count). The van der Waals surface area contributed by atoms with Crippen molar-refractivity contribution in [3.05, 3.63) is 47.1 Å². The van der Waals surface area contributed by atoms with Crippen molar-refractivity contribution in [2.24, 2.45) is 0 Å². The van der Waals surface area contributed by atoms with Crippen molar-refractivity contribution >= 4 is 17.3 Å². The van der Waals surface area contributed by atoms with E-state index in [4.69, 9.17) is 4.74 Å². The van der Waals surface area contributed by atoms with Gasteiger partial charge in [0.2, 0.25) is 11.6 Å². The SMILES string of the molecule is C=C(C)[C@H]1CC2=C(O1)c1ccc(O)cc1C(=O)C2=O. The van der Waals surface area contributed by atoms with Crippen LogP contribution in [0.25, 0.3) is 5.76 Å². The lowest BCUT2D eigenvalue weighted by molar-refractivity contribution is -0.111. The van der Waals surface area contributed by atoms with Gasteiger partial charge >= 0.3 is 0 Å². The van der Waals surface area contributed by atoms with Gasteiger partial charge in [0.1, 0.15) is 17.6 Å². The lowest BCUT2D eigenvalue weighted by atomic mass is 9.87. The summed E-state index contributed by atoms with van der Waals surface area (Å²) in [5.74, 6) is -0.724. The fourth-order valence-electron chi connectivity index (χ4n) is 2.41. The predicted octanol–water partition coefficient (Wildman–Crippen LogP) is 2.23. The summed E-state index contributed by atoms with van der Waals surface area (Å²) in [5.41, 5.74) is 2.00. The standard InChI is InChI=1S/C15H12O4/c1-7(2)12-6-11-14(18)13(17)10-5-8(16)3-4-9(10)15(11)19-12/h3-5,12,16H,1,6H2,2H3/t12-/m1/s1. The molecule has 19 heavy (non-hydrogen) atoms. The number of hydrogen-bond donors (Lipinski definition) is 1. The lowest BCUT2D eigenvalue weighted by Crippen LogP contribution is -2.22. The first-order valence-electron chi connectivity index (χ1n) is 5.96. The number of carbonyl (C=O) groups excluding carboxylic acids is 2. The quantitative estimate of drug-likeness (QED) is 0.618. The zero-order chi connectivity index (χ0) is 13.7. The third-order valence-corrected chi connectivity index (χ3v) is 3.45. The maximum atomic E-state index is 12.1. The molecular formula is C15H12O4. The fraction of sp³-hybridized carbons (Fsp3) is 0.200. The summed E-state index contributed by atoms with van der Waals surface area (Å²) in [6.45, 7) is 5.65. The molecule has 0 aromatic heterocycles. The van der Waals surface area contributed by atoms with E-state index in [0.29, 0.717) is 23.3 Å². The van der Waals surface area contributed by atoms with Gasteiger partial charge in [0.15, 0.2) is 0 Å². The summed E-state index contributed by atoms with van der Waals surface area (Å²) in [7, 11) is 0. The maximum absolute atomic E-state index is 12.1. The normalized spacial score (nSPS) is 21.0. The molecule has 1 aromatic carbocycles. The number of phenols is 1. The molecule has 1 aromatic rings. The van der Waals surface area contributed by atoms with Gasteiger partial charge in [-0.15, -0.1) is 0 Å². The minimum absolute atomic E-state index is 0.0431. The third-order valence-electron chi connectivity index (χ3n) is 3.45. The first kappa shape index (κ1) is 11.7. The Morgan fingerprint density at radius 1 is 1.32 bits per heavy atom. The molecule has 0 spiro atoms. The van der Waals surface area contributed by atoms with Gasteiger partial charge in [-0.3, -0.25) is 9.59 Å².